The molecular formula is C23H22N2OS. The van der Waals surface area contributed by atoms with E-state index < -0.39 is 0 Å². The Labute approximate surface area is 164 Å². The summed E-state index contributed by atoms with van der Waals surface area (Å²) in [6.07, 6.45) is 1.92. The molecule has 1 aliphatic heterocycles. The zero-order valence-corrected chi connectivity index (χ0v) is 16.3. The molecule has 3 nitrogen and oxygen atoms in total. The van der Waals surface area contributed by atoms with Crippen LogP contribution in [0.3, 0.4) is 0 Å². The fraction of sp³-hybridized carbons (Fsp3) is 0.174. The molecule has 27 heavy (non-hydrogen) atoms. The Kier molecular flexibility index (Phi) is 4.90. The molecule has 2 aromatic carbocycles. The third kappa shape index (κ3) is 3.58. The third-order valence-electron chi connectivity index (χ3n) is 4.98. The molecule has 1 atom stereocenters. The first-order valence-corrected chi connectivity index (χ1v) is 9.94. The predicted octanol–water partition coefficient (Wildman–Crippen LogP) is 5.47. The van der Waals surface area contributed by atoms with Gasteiger partial charge in [-0.2, -0.15) is 0 Å². The maximum atomic E-state index is 12.9. The standard InChI is InChI=1S/C23H22N2OS/c1-17-18(2)27-23(25(17)16-19-9-5-3-6-10-19)24-14-13-21(15-22(24)26)20-11-7-4-8-12-20/h3-15,23H,16H2,1-2H3. The molecule has 0 saturated heterocycles. The van der Waals surface area contributed by atoms with Crippen molar-refractivity contribution in [2.75, 3.05) is 0 Å². The molecule has 0 N–H and O–H groups in total. The molecule has 1 unspecified atom stereocenters. The van der Waals surface area contributed by atoms with Crippen LogP contribution in [0.1, 0.15) is 24.9 Å². The van der Waals surface area contributed by atoms with E-state index in [9.17, 15) is 4.79 Å². The first-order valence-electron chi connectivity index (χ1n) is 9.06. The summed E-state index contributed by atoms with van der Waals surface area (Å²) in [5.74, 6) is 0. The topological polar surface area (TPSA) is 25.2 Å². The maximum Gasteiger partial charge on any atom is 0.253 e. The van der Waals surface area contributed by atoms with Gasteiger partial charge in [0.05, 0.1) is 0 Å². The minimum absolute atomic E-state index is 0.0226. The van der Waals surface area contributed by atoms with Gasteiger partial charge < -0.3 is 4.90 Å². The fourth-order valence-corrected chi connectivity index (χ4v) is 4.59. The molecule has 0 aliphatic carbocycles. The molecule has 0 saturated carbocycles. The highest BCUT2D eigenvalue weighted by atomic mass is 32.2. The van der Waals surface area contributed by atoms with Crippen LogP contribution in [-0.2, 0) is 6.54 Å². The van der Waals surface area contributed by atoms with Crippen molar-refractivity contribution >= 4 is 11.8 Å². The van der Waals surface area contributed by atoms with Crippen molar-refractivity contribution in [2.24, 2.45) is 0 Å². The molecule has 4 rings (SSSR count). The number of allylic oxidation sites excluding steroid dienone is 2. The number of aromatic nitrogens is 1. The number of benzene rings is 2. The average Bonchev–Trinajstić information content (AvgIpc) is 2.97. The Morgan fingerprint density at radius 1 is 0.889 bits per heavy atom. The molecule has 0 amide bonds. The summed E-state index contributed by atoms with van der Waals surface area (Å²) in [6, 6.07) is 24.2. The van der Waals surface area contributed by atoms with Crippen LogP contribution in [0.2, 0.25) is 0 Å². The summed E-state index contributed by atoms with van der Waals surface area (Å²) in [7, 11) is 0. The van der Waals surface area contributed by atoms with E-state index in [4.69, 9.17) is 0 Å². The molecule has 136 valence electrons. The molecule has 3 aromatic rings. The smallest absolute Gasteiger partial charge is 0.253 e. The highest BCUT2D eigenvalue weighted by Gasteiger charge is 2.30. The molecule has 2 heterocycles. The highest BCUT2D eigenvalue weighted by Crippen LogP contribution is 2.44. The lowest BCUT2D eigenvalue weighted by atomic mass is 10.1. The quantitative estimate of drug-likeness (QED) is 0.605. The van der Waals surface area contributed by atoms with E-state index in [2.05, 4.69) is 43.0 Å². The van der Waals surface area contributed by atoms with Gasteiger partial charge in [-0.3, -0.25) is 9.36 Å². The van der Waals surface area contributed by atoms with Crippen molar-refractivity contribution in [1.29, 1.82) is 0 Å². The summed E-state index contributed by atoms with van der Waals surface area (Å²) in [5.41, 5.74) is 4.46. The monoisotopic (exact) mass is 374 g/mol. The van der Waals surface area contributed by atoms with Crippen LogP contribution in [0, 0.1) is 0 Å². The van der Waals surface area contributed by atoms with Crippen molar-refractivity contribution in [3.63, 3.8) is 0 Å². The van der Waals surface area contributed by atoms with Gasteiger partial charge >= 0.3 is 0 Å². The molecule has 0 spiro atoms. The van der Waals surface area contributed by atoms with Crippen LogP contribution in [0.5, 0.6) is 0 Å². The summed E-state index contributed by atoms with van der Waals surface area (Å²) < 4.78 is 1.83. The van der Waals surface area contributed by atoms with E-state index in [1.54, 1.807) is 17.8 Å². The second-order valence-corrected chi connectivity index (χ2v) is 8.00. The van der Waals surface area contributed by atoms with Gasteiger partial charge in [0.15, 0.2) is 5.50 Å². The second kappa shape index (κ2) is 7.49. The van der Waals surface area contributed by atoms with Crippen LogP contribution in [0.15, 0.2) is 94.4 Å². The number of nitrogens with zero attached hydrogens (tertiary/aromatic N) is 2. The second-order valence-electron chi connectivity index (χ2n) is 6.73. The van der Waals surface area contributed by atoms with Gasteiger partial charge in [-0.1, -0.05) is 72.4 Å². The van der Waals surface area contributed by atoms with Crippen LogP contribution in [0.25, 0.3) is 11.1 Å². The minimum atomic E-state index is -0.0532. The van der Waals surface area contributed by atoms with E-state index in [0.717, 1.165) is 17.7 Å². The predicted molar refractivity (Wildman–Crippen MR) is 113 cm³/mol. The maximum absolute atomic E-state index is 12.9. The van der Waals surface area contributed by atoms with Gasteiger partial charge in [0.1, 0.15) is 0 Å². The van der Waals surface area contributed by atoms with E-state index in [1.165, 1.54) is 16.2 Å². The number of pyridine rings is 1. The van der Waals surface area contributed by atoms with Crippen molar-refractivity contribution in [1.82, 2.24) is 9.47 Å². The molecule has 1 aromatic heterocycles. The Hall–Kier alpha value is -2.72. The third-order valence-corrected chi connectivity index (χ3v) is 6.32. The largest absolute Gasteiger partial charge is 0.341 e. The lowest BCUT2D eigenvalue weighted by Gasteiger charge is -2.29. The van der Waals surface area contributed by atoms with Gasteiger partial charge in [-0.15, -0.1) is 0 Å². The van der Waals surface area contributed by atoms with E-state index in [-0.39, 0.29) is 11.1 Å². The van der Waals surface area contributed by atoms with Gasteiger partial charge in [-0.05, 0) is 36.6 Å². The van der Waals surface area contributed by atoms with Crippen LogP contribution < -0.4 is 5.56 Å². The zero-order valence-electron chi connectivity index (χ0n) is 15.5. The Bertz CT molecular complexity index is 1030. The Morgan fingerprint density at radius 3 is 2.22 bits per heavy atom. The van der Waals surface area contributed by atoms with Crippen molar-refractivity contribution < 1.29 is 0 Å². The normalized spacial score (nSPS) is 16.8. The van der Waals surface area contributed by atoms with Crippen molar-refractivity contribution in [3.05, 3.63) is 106 Å². The number of rotatable bonds is 4. The fourth-order valence-electron chi connectivity index (χ4n) is 3.34. The summed E-state index contributed by atoms with van der Waals surface area (Å²) >= 11 is 1.74. The minimum Gasteiger partial charge on any atom is -0.341 e. The van der Waals surface area contributed by atoms with Gasteiger partial charge in [0.25, 0.3) is 5.56 Å². The number of hydrogen-bond donors (Lipinski definition) is 0. The molecule has 1 aliphatic rings. The van der Waals surface area contributed by atoms with Crippen molar-refractivity contribution in [3.8, 4) is 11.1 Å². The Balaban J connectivity index is 1.66. The zero-order chi connectivity index (χ0) is 18.8. The lowest BCUT2D eigenvalue weighted by Crippen LogP contribution is -2.32. The van der Waals surface area contributed by atoms with Crippen LogP contribution in [-0.4, -0.2) is 9.47 Å². The number of hydrogen-bond acceptors (Lipinski definition) is 3. The van der Waals surface area contributed by atoms with E-state index in [0.29, 0.717) is 0 Å². The SMILES string of the molecule is CC1=C(C)N(Cc2ccccc2)C(n2ccc(-c3ccccc3)cc2=O)S1. The average molecular weight is 375 g/mol. The van der Waals surface area contributed by atoms with Crippen LogP contribution >= 0.6 is 11.8 Å². The summed E-state index contributed by atoms with van der Waals surface area (Å²) in [4.78, 5) is 16.5. The molecule has 0 fully saturated rings. The summed E-state index contributed by atoms with van der Waals surface area (Å²) in [6.45, 7) is 5.05. The molecule has 0 bridgehead atoms. The van der Waals surface area contributed by atoms with E-state index >= 15 is 0 Å². The Morgan fingerprint density at radius 2 is 1.56 bits per heavy atom. The molecule has 4 heteroatoms. The van der Waals surface area contributed by atoms with Crippen LogP contribution in [0.4, 0.5) is 0 Å². The molecular weight excluding hydrogens is 352 g/mol. The van der Waals surface area contributed by atoms with Gasteiger partial charge in [0, 0.05) is 29.4 Å². The molecule has 0 radical (unpaired) electrons. The lowest BCUT2D eigenvalue weighted by molar-refractivity contribution is 0.264. The first kappa shape index (κ1) is 17.7. The van der Waals surface area contributed by atoms with E-state index in [1.807, 2.05) is 53.2 Å². The van der Waals surface area contributed by atoms with Gasteiger partial charge in [-0.25, -0.2) is 0 Å². The highest BCUT2D eigenvalue weighted by molar-refractivity contribution is 8.03. The first-order chi connectivity index (χ1) is 13.1. The number of thioether (sulfide) groups is 1. The van der Waals surface area contributed by atoms with Crippen molar-refractivity contribution in [2.45, 2.75) is 25.9 Å². The van der Waals surface area contributed by atoms with Gasteiger partial charge in [0.2, 0.25) is 0 Å². The summed E-state index contributed by atoms with van der Waals surface area (Å²) in [5, 5.41) is 0.